The third kappa shape index (κ3) is 4.79. The summed E-state index contributed by atoms with van der Waals surface area (Å²) in [5.74, 6) is -1.66. The fourth-order valence-electron chi connectivity index (χ4n) is 2.95. The molecule has 144 valence electrons. The van der Waals surface area contributed by atoms with Crippen LogP contribution in [0, 0.1) is 0 Å². The number of rotatable bonds is 7. The number of carboxylic acids is 1. The second-order valence-corrected chi connectivity index (χ2v) is 8.03. The smallest absolute Gasteiger partial charge is 0.349 e. The molecule has 0 spiro atoms. The number of nitrogens with one attached hydrogen (secondary N) is 2. The highest BCUT2D eigenvalue weighted by Gasteiger charge is 2.24. The Balaban J connectivity index is 1.89. The first kappa shape index (κ1) is 19.7. The Kier molecular flexibility index (Phi) is 6.35. The van der Waals surface area contributed by atoms with Crippen molar-refractivity contribution < 1.29 is 19.4 Å². The first-order valence-electron chi connectivity index (χ1n) is 8.50. The number of benzene rings is 1. The number of halogens is 1. The topological polar surface area (TPSA) is 114 Å². The first-order chi connectivity index (χ1) is 13.0. The van der Waals surface area contributed by atoms with E-state index in [4.69, 9.17) is 10.5 Å². The molecule has 27 heavy (non-hydrogen) atoms. The normalized spacial score (nSPS) is 14.7. The fourth-order valence-corrected chi connectivity index (χ4v) is 4.83. The van der Waals surface area contributed by atoms with Gasteiger partial charge in [-0.25, -0.2) is 4.79 Å². The minimum absolute atomic E-state index is 0.0230. The van der Waals surface area contributed by atoms with Gasteiger partial charge in [0, 0.05) is 11.7 Å². The van der Waals surface area contributed by atoms with E-state index in [1.54, 1.807) is 0 Å². The summed E-state index contributed by atoms with van der Waals surface area (Å²) in [5, 5.41) is 16.3. The molecule has 2 heterocycles. The number of amides is 1. The number of hydrogen-bond donors (Lipinski definition) is 4. The molecule has 1 fully saturated rings. The molecule has 7 nitrogen and oxygen atoms in total. The molecule has 0 aliphatic carbocycles. The van der Waals surface area contributed by atoms with E-state index >= 15 is 0 Å². The lowest BCUT2D eigenvalue weighted by molar-refractivity contribution is -0.119. The third-order valence-corrected chi connectivity index (χ3v) is 6.42. The van der Waals surface area contributed by atoms with Gasteiger partial charge in [0.15, 0.2) is 17.2 Å². The molecule has 1 saturated heterocycles. The van der Waals surface area contributed by atoms with E-state index in [1.165, 1.54) is 0 Å². The lowest BCUT2D eigenvalue weighted by Crippen LogP contribution is -2.35. The number of anilines is 1. The van der Waals surface area contributed by atoms with Gasteiger partial charge in [0.25, 0.3) is 5.91 Å². The number of carbonyl (C=O) groups excluding carboxylic acids is 1. The second-order valence-electron chi connectivity index (χ2n) is 6.21. The van der Waals surface area contributed by atoms with Gasteiger partial charge in [-0.3, -0.25) is 4.79 Å². The maximum atomic E-state index is 11.6. The molecule has 0 radical (unpaired) electrons. The summed E-state index contributed by atoms with van der Waals surface area (Å²) < 4.78 is 5.83. The Morgan fingerprint density at radius 3 is 2.78 bits per heavy atom. The number of thiophene rings is 1. The van der Waals surface area contributed by atoms with Crippen LogP contribution >= 0.6 is 27.3 Å². The number of aromatic carboxylic acids is 1. The zero-order valence-electron chi connectivity index (χ0n) is 14.5. The molecular formula is C18H20BrN3O4S. The summed E-state index contributed by atoms with van der Waals surface area (Å²) in [6.07, 6.45) is 2.11. The van der Waals surface area contributed by atoms with Crippen LogP contribution in [0.25, 0.3) is 10.4 Å². The molecule has 0 saturated carbocycles. The monoisotopic (exact) mass is 453 g/mol. The molecular weight excluding hydrogens is 434 g/mol. The van der Waals surface area contributed by atoms with Crippen LogP contribution in [0.2, 0.25) is 0 Å². The van der Waals surface area contributed by atoms with Gasteiger partial charge in [-0.1, -0.05) is 12.1 Å². The van der Waals surface area contributed by atoms with Gasteiger partial charge in [0.2, 0.25) is 0 Å². The van der Waals surface area contributed by atoms with E-state index in [9.17, 15) is 14.7 Å². The molecule has 9 heteroatoms. The van der Waals surface area contributed by atoms with Gasteiger partial charge >= 0.3 is 5.97 Å². The van der Waals surface area contributed by atoms with Gasteiger partial charge in [0.1, 0.15) is 0 Å². The van der Waals surface area contributed by atoms with Crippen LogP contribution in [0.3, 0.4) is 0 Å². The van der Waals surface area contributed by atoms with Crippen molar-refractivity contribution in [1.29, 1.82) is 0 Å². The maximum absolute atomic E-state index is 11.6. The molecule has 0 atom stereocenters. The predicted octanol–water partition coefficient (Wildman–Crippen LogP) is 2.90. The Morgan fingerprint density at radius 2 is 2.11 bits per heavy atom. The van der Waals surface area contributed by atoms with Crippen LogP contribution < -0.4 is 21.1 Å². The van der Waals surface area contributed by atoms with E-state index in [0.29, 0.717) is 10.5 Å². The lowest BCUT2D eigenvalue weighted by atomic mass is 10.1. The number of primary amides is 1. The average Bonchev–Trinajstić information content (AvgIpc) is 2.98. The Bertz CT molecular complexity index is 849. The highest BCUT2D eigenvalue weighted by molar-refractivity contribution is 9.10. The van der Waals surface area contributed by atoms with Crippen LogP contribution in [-0.4, -0.2) is 42.7 Å². The van der Waals surface area contributed by atoms with Crippen molar-refractivity contribution in [2.24, 2.45) is 5.73 Å². The largest absolute Gasteiger partial charge is 0.481 e. The summed E-state index contributed by atoms with van der Waals surface area (Å²) in [6, 6.07) is 8.23. The predicted molar refractivity (Wildman–Crippen MR) is 109 cm³/mol. The van der Waals surface area contributed by atoms with Crippen LogP contribution in [0.4, 0.5) is 5.69 Å². The highest BCUT2D eigenvalue weighted by atomic mass is 79.9. The molecule has 1 aliphatic rings. The van der Waals surface area contributed by atoms with Crippen LogP contribution in [-0.2, 0) is 4.79 Å². The number of carbonyl (C=O) groups is 2. The van der Waals surface area contributed by atoms with Crippen molar-refractivity contribution in [3.63, 3.8) is 0 Å². The molecule has 1 amide bonds. The van der Waals surface area contributed by atoms with Crippen LogP contribution in [0.5, 0.6) is 5.75 Å². The third-order valence-electron chi connectivity index (χ3n) is 4.20. The molecule has 3 rings (SSSR count). The van der Waals surface area contributed by atoms with Crippen molar-refractivity contribution in [2.75, 3.05) is 25.0 Å². The summed E-state index contributed by atoms with van der Waals surface area (Å²) in [6.45, 7) is 1.61. The Labute approximate surface area is 169 Å². The molecule has 0 bridgehead atoms. The summed E-state index contributed by atoms with van der Waals surface area (Å²) in [4.78, 5) is 23.3. The van der Waals surface area contributed by atoms with E-state index in [-0.39, 0.29) is 17.2 Å². The Morgan fingerprint density at radius 1 is 1.37 bits per heavy atom. The van der Waals surface area contributed by atoms with Gasteiger partial charge < -0.3 is 26.2 Å². The van der Waals surface area contributed by atoms with Crippen molar-refractivity contribution in [3.8, 4) is 16.2 Å². The highest BCUT2D eigenvalue weighted by Crippen LogP contribution is 2.46. The lowest BCUT2D eigenvalue weighted by Gasteiger charge is -2.24. The van der Waals surface area contributed by atoms with Gasteiger partial charge in [-0.05, 0) is 59.6 Å². The number of piperidine rings is 1. The zero-order valence-corrected chi connectivity index (χ0v) is 16.9. The van der Waals surface area contributed by atoms with Crippen molar-refractivity contribution in [1.82, 2.24) is 5.32 Å². The van der Waals surface area contributed by atoms with Gasteiger partial charge in [-0.15, -0.1) is 11.3 Å². The molecule has 0 unspecified atom stereocenters. The molecule has 1 aromatic carbocycles. The molecule has 1 aromatic heterocycles. The number of carboxylic acid groups (broad SMARTS) is 1. The fraction of sp³-hybridized carbons (Fsp3) is 0.333. The maximum Gasteiger partial charge on any atom is 0.349 e. The van der Waals surface area contributed by atoms with Gasteiger partial charge in [-0.2, -0.15) is 0 Å². The minimum Gasteiger partial charge on any atom is -0.481 e. The van der Waals surface area contributed by atoms with Crippen molar-refractivity contribution in [3.05, 3.63) is 33.6 Å². The van der Waals surface area contributed by atoms with E-state index in [0.717, 1.165) is 53.4 Å². The van der Waals surface area contributed by atoms with E-state index < -0.39 is 11.9 Å². The summed E-state index contributed by atoms with van der Waals surface area (Å²) >= 11 is 4.51. The van der Waals surface area contributed by atoms with E-state index in [1.807, 2.05) is 24.3 Å². The SMILES string of the molecule is NC(=O)COc1c(C(=O)O)sc(-c2cccc(NC3CCNCC3)c2)c1Br. The zero-order chi connectivity index (χ0) is 19.4. The first-order valence-corrected chi connectivity index (χ1v) is 10.1. The van der Waals surface area contributed by atoms with E-state index in [2.05, 4.69) is 26.6 Å². The molecule has 2 aromatic rings. The van der Waals surface area contributed by atoms with Crippen molar-refractivity contribution >= 4 is 44.8 Å². The quantitative estimate of drug-likeness (QED) is 0.512. The van der Waals surface area contributed by atoms with Gasteiger partial charge in [0.05, 0.1) is 9.35 Å². The minimum atomic E-state index is -1.12. The van der Waals surface area contributed by atoms with Crippen LogP contribution in [0.1, 0.15) is 22.5 Å². The molecule has 1 aliphatic heterocycles. The molecule has 5 N–H and O–H groups in total. The standard InChI is InChI=1S/C18H20BrN3O4S/c19-14-15(26-9-13(20)23)17(18(24)25)27-16(14)10-2-1-3-12(8-10)22-11-4-6-21-7-5-11/h1-3,8,11,21-22H,4-7,9H2,(H2,20,23)(H,24,25). The average molecular weight is 454 g/mol. The second kappa shape index (κ2) is 8.73. The Hall–Kier alpha value is -2.10. The number of hydrogen-bond acceptors (Lipinski definition) is 6. The summed E-state index contributed by atoms with van der Waals surface area (Å²) in [7, 11) is 0. The van der Waals surface area contributed by atoms with Crippen molar-refractivity contribution in [2.45, 2.75) is 18.9 Å². The number of nitrogens with two attached hydrogens (primary N) is 1. The number of ether oxygens (including phenoxy) is 1. The van der Waals surface area contributed by atoms with Crippen LogP contribution in [0.15, 0.2) is 28.7 Å². The summed E-state index contributed by atoms with van der Waals surface area (Å²) in [5.41, 5.74) is 6.95.